The van der Waals surface area contributed by atoms with Crippen molar-refractivity contribution >= 4 is 140 Å². The quantitative estimate of drug-likeness (QED) is 0.161. The van der Waals surface area contributed by atoms with E-state index in [-0.39, 0.29) is 11.1 Å². The van der Waals surface area contributed by atoms with Crippen LogP contribution in [0.4, 0.5) is 0 Å². The first-order valence-electron chi connectivity index (χ1n) is 28.0. The van der Waals surface area contributed by atoms with E-state index < -0.39 is 0 Å². The number of fused-ring (bicyclic) bond motifs is 19. The van der Waals surface area contributed by atoms with Gasteiger partial charge < -0.3 is 18.3 Å². The number of benzene rings is 13. The summed E-state index contributed by atoms with van der Waals surface area (Å²) in [5, 5.41) is 40.6. The molecule has 0 amide bonds. The molecule has 382 valence electrons. The van der Waals surface area contributed by atoms with Crippen LogP contribution in [0.25, 0.3) is 163 Å². The Morgan fingerprint density at radius 1 is 0.289 bits per heavy atom. The summed E-state index contributed by atoms with van der Waals surface area (Å²) in [6, 6.07) is 96.9. The lowest BCUT2D eigenvalue weighted by Gasteiger charge is -2.27. The molecule has 7 heteroatoms. The smallest absolute Gasteiger partial charge is 0.103 e. The maximum Gasteiger partial charge on any atom is 0.103 e. The van der Waals surface area contributed by atoms with Gasteiger partial charge in [0.15, 0.2) is 0 Å². The van der Waals surface area contributed by atoms with Gasteiger partial charge in [-0.05, 0) is 87.3 Å². The summed E-state index contributed by atoms with van der Waals surface area (Å²) in [6.07, 6.45) is 0. The Morgan fingerprint density at radius 2 is 0.699 bits per heavy atom. The first kappa shape index (κ1) is 45.6. The third kappa shape index (κ3) is 6.13. The van der Waals surface area contributed by atoms with E-state index in [1.54, 1.807) is 11.3 Å². The van der Waals surface area contributed by atoms with Gasteiger partial charge in [0.05, 0.1) is 82.7 Å². The molecule has 0 aliphatic rings. The lowest BCUT2D eigenvalue weighted by Crippen LogP contribution is -2.17. The molecule has 0 N–H and O–H groups in total. The van der Waals surface area contributed by atoms with Crippen LogP contribution in [0.1, 0.15) is 11.1 Å². The van der Waals surface area contributed by atoms with Gasteiger partial charge in [0, 0.05) is 58.6 Å². The van der Waals surface area contributed by atoms with E-state index in [0.29, 0.717) is 11.4 Å². The Morgan fingerprint density at radius 3 is 1.23 bits per heavy atom. The van der Waals surface area contributed by atoms with Crippen molar-refractivity contribution in [2.45, 2.75) is 0 Å². The number of nitrogens with zero attached hydrogens (tertiary/aromatic N) is 6. The molecule has 0 saturated heterocycles. The van der Waals surface area contributed by atoms with Crippen molar-refractivity contribution in [1.29, 1.82) is 10.5 Å². The molecule has 0 radical (unpaired) electrons. The van der Waals surface area contributed by atoms with Crippen LogP contribution >= 0.6 is 11.3 Å². The molecule has 5 heterocycles. The van der Waals surface area contributed by atoms with Crippen molar-refractivity contribution in [2.24, 2.45) is 0 Å². The molecular formula is C76H42N6S. The van der Waals surface area contributed by atoms with Crippen molar-refractivity contribution in [2.75, 3.05) is 0 Å². The van der Waals surface area contributed by atoms with E-state index in [1.165, 1.54) is 31.6 Å². The highest BCUT2D eigenvalue weighted by Crippen LogP contribution is 2.52. The second-order valence-electron chi connectivity index (χ2n) is 21.7. The molecule has 18 rings (SSSR count). The summed E-state index contributed by atoms with van der Waals surface area (Å²) in [4.78, 5) is 0. The van der Waals surface area contributed by atoms with Crippen LogP contribution in [-0.4, -0.2) is 18.3 Å². The van der Waals surface area contributed by atoms with Crippen LogP contribution in [0.15, 0.2) is 255 Å². The third-order valence-electron chi connectivity index (χ3n) is 17.6. The fourth-order valence-electron chi connectivity index (χ4n) is 14.2. The van der Waals surface area contributed by atoms with Gasteiger partial charge in [0.1, 0.15) is 12.1 Å². The lowest BCUT2D eigenvalue weighted by molar-refractivity contribution is 1.01. The lowest BCUT2D eigenvalue weighted by atomic mass is 9.93. The minimum absolute atomic E-state index is 0.271. The molecule has 0 unspecified atom stereocenters. The van der Waals surface area contributed by atoms with Crippen molar-refractivity contribution < 1.29 is 0 Å². The molecule has 83 heavy (non-hydrogen) atoms. The molecule has 0 spiro atoms. The van der Waals surface area contributed by atoms with Gasteiger partial charge in [0.25, 0.3) is 0 Å². The Kier molecular flexibility index (Phi) is 9.42. The van der Waals surface area contributed by atoms with Gasteiger partial charge in [-0.25, -0.2) is 0 Å². The number of nitriles is 2. The summed E-state index contributed by atoms with van der Waals surface area (Å²) in [5.41, 5.74) is 13.2. The normalized spacial score (nSPS) is 12.1. The standard InChI is InChI=1S/C76H42N6S/c77-43-60-61(44-78)72(82-68-41-38-47(49-28-17-19-46-37-36-45-18-1-2-20-48(45)70(46)49)42-59(68)57-39-40-58-56-27-9-16-35-69(56)83-76(58)73(57)82)75(81-66-33-14-7-25-54(66)55-26-8-15-34-67(55)81)74(80-64-31-12-5-23-52(64)53-24-6-13-32-65(53)80)71(60)79-62-29-10-3-21-50(62)51-22-4-11-30-63(51)79/h1-42H. The maximum absolute atomic E-state index is 12.6. The summed E-state index contributed by atoms with van der Waals surface area (Å²) in [5.74, 6) is 0. The van der Waals surface area contributed by atoms with Gasteiger partial charge in [-0.2, -0.15) is 10.5 Å². The predicted octanol–water partition coefficient (Wildman–Crippen LogP) is 20.2. The average Bonchev–Trinajstić information content (AvgIpc) is 1.74. The van der Waals surface area contributed by atoms with E-state index in [9.17, 15) is 10.5 Å². The van der Waals surface area contributed by atoms with Gasteiger partial charge >= 0.3 is 0 Å². The van der Waals surface area contributed by atoms with Crippen LogP contribution in [-0.2, 0) is 0 Å². The molecule has 0 atom stereocenters. The van der Waals surface area contributed by atoms with Crippen LogP contribution in [0.3, 0.4) is 0 Å². The maximum atomic E-state index is 12.6. The first-order valence-corrected chi connectivity index (χ1v) is 28.8. The van der Waals surface area contributed by atoms with Crippen LogP contribution in [0, 0.1) is 22.7 Å². The molecule has 0 fully saturated rings. The highest BCUT2D eigenvalue weighted by Gasteiger charge is 2.35. The van der Waals surface area contributed by atoms with E-state index in [4.69, 9.17) is 0 Å². The number of aromatic nitrogens is 4. The highest BCUT2D eigenvalue weighted by molar-refractivity contribution is 7.26. The molecule has 0 aliphatic heterocycles. The number of hydrogen-bond donors (Lipinski definition) is 0. The monoisotopic (exact) mass is 1070 g/mol. The zero-order chi connectivity index (χ0) is 54.6. The number of para-hydroxylation sites is 6. The molecule has 6 nitrogen and oxygen atoms in total. The van der Waals surface area contributed by atoms with Gasteiger partial charge in [0.2, 0.25) is 0 Å². The first-order chi connectivity index (χ1) is 41.2. The summed E-state index contributed by atoms with van der Waals surface area (Å²) < 4.78 is 11.7. The van der Waals surface area contributed by atoms with Gasteiger partial charge in [-0.1, -0.05) is 200 Å². The van der Waals surface area contributed by atoms with Gasteiger partial charge in [-0.3, -0.25) is 0 Å². The van der Waals surface area contributed by atoms with Crippen LogP contribution < -0.4 is 0 Å². The second kappa shape index (κ2) is 17.1. The van der Waals surface area contributed by atoms with E-state index >= 15 is 0 Å². The van der Waals surface area contributed by atoms with Crippen LogP contribution in [0.2, 0.25) is 0 Å². The molecule has 0 aliphatic carbocycles. The second-order valence-corrected chi connectivity index (χ2v) is 22.7. The van der Waals surface area contributed by atoms with Crippen molar-refractivity contribution in [1.82, 2.24) is 18.3 Å². The SMILES string of the molecule is N#Cc1c(C#N)c(-n2c3ccc(-c4cccc5ccc6ccccc6c45)cc3c3ccc4c5ccccc5sc4c32)c(-n2c3ccccc3c3ccccc32)c(-n2c3ccccc3c3ccccc32)c1-n1c2ccccc2c2ccccc21. The number of thiophene rings is 1. The highest BCUT2D eigenvalue weighted by atomic mass is 32.1. The number of rotatable bonds is 5. The molecule has 5 aromatic heterocycles. The Labute approximate surface area is 478 Å². The van der Waals surface area contributed by atoms with Crippen molar-refractivity contribution in [3.05, 3.63) is 266 Å². The van der Waals surface area contributed by atoms with E-state index in [0.717, 1.165) is 120 Å². The molecule has 0 bridgehead atoms. The zero-order valence-electron chi connectivity index (χ0n) is 44.3. The fraction of sp³-hybridized carbons (Fsp3) is 0. The van der Waals surface area contributed by atoms with Gasteiger partial charge in [-0.15, -0.1) is 11.3 Å². The number of hydrogen-bond acceptors (Lipinski definition) is 3. The Hall–Kier alpha value is -11.2. The minimum Gasteiger partial charge on any atom is -0.306 e. The van der Waals surface area contributed by atoms with Crippen LogP contribution in [0.5, 0.6) is 0 Å². The molecule has 18 aromatic rings. The van der Waals surface area contributed by atoms with Crippen molar-refractivity contribution in [3.8, 4) is 46.0 Å². The summed E-state index contributed by atoms with van der Waals surface area (Å²) in [7, 11) is 0. The zero-order valence-corrected chi connectivity index (χ0v) is 45.2. The molecule has 0 saturated carbocycles. The minimum atomic E-state index is 0.271. The molecule has 13 aromatic carbocycles. The summed E-state index contributed by atoms with van der Waals surface area (Å²) >= 11 is 1.78. The third-order valence-corrected chi connectivity index (χ3v) is 18.8. The Bertz CT molecular complexity index is 5820. The van der Waals surface area contributed by atoms with Crippen molar-refractivity contribution in [3.63, 3.8) is 0 Å². The fourth-order valence-corrected chi connectivity index (χ4v) is 15.5. The largest absolute Gasteiger partial charge is 0.306 e. The Balaban J connectivity index is 1.13. The molecular weight excluding hydrogens is 1030 g/mol. The topological polar surface area (TPSA) is 67.3 Å². The predicted molar refractivity (Wildman–Crippen MR) is 347 cm³/mol. The van der Waals surface area contributed by atoms with E-state index in [1.807, 2.05) is 0 Å². The van der Waals surface area contributed by atoms with E-state index in [2.05, 4.69) is 285 Å². The summed E-state index contributed by atoms with van der Waals surface area (Å²) in [6.45, 7) is 0. The average molecular weight is 1070 g/mol.